The van der Waals surface area contributed by atoms with Gasteiger partial charge in [-0.15, -0.1) is 0 Å². The van der Waals surface area contributed by atoms with Crippen LogP contribution in [0.4, 0.5) is 11.4 Å². The molecule has 0 saturated carbocycles. The molecule has 0 aliphatic rings. The predicted molar refractivity (Wildman–Crippen MR) is 82.1 cm³/mol. The minimum Gasteiger partial charge on any atom is -0.378 e. The van der Waals surface area contributed by atoms with E-state index in [1.54, 1.807) is 6.20 Å². The first-order valence-electron chi connectivity index (χ1n) is 6.18. The largest absolute Gasteiger partial charge is 0.378 e. The topological polar surface area (TPSA) is 28.2 Å². The molecule has 0 fully saturated rings. The van der Waals surface area contributed by atoms with E-state index in [1.165, 1.54) is 11.1 Å². The summed E-state index contributed by atoms with van der Waals surface area (Å²) < 4.78 is 0. The zero-order valence-corrected chi connectivity index (χ0v) is 12.2. The number of benzene rings is 1. The summed E-state index contributed by atoms with van der Waals surface area (Å²) in [5, 5.41) is 4.20. The highest BCUT2D eigenvalue weighted by Gasteiger charge is 2.05. The number of halogens is 1. The zero-order valence-electron chi connectivity index (χ0n) is 11.4. The number of hydrogen-bond acceptors (Lipinski definition) is 3. The molecule has 1 N–H and O–H groups in total. The predicted octanol–water partition coefficient (Wildman–Crippen LogP) is 3.72. The van der Waals surface area contributed by atoms with Crippen LogP contribution in [0.5, 0.6) is 0 Å². The molecule has 19 heavy (non-hydrogen) atoms. The quantitative estimate of drug-likeness (QED) is 0.922. The molecule has 3 nitrogen and oxygen atoms in total. The normalized spacial score (nSPS) is 10.3. The van der Waals surface area contributed by atoms with Gasteiger partial charge < -0.3 is 10.2 Å². The van der Waals surface area contributed by atoms with Gasteiger partial charge in [0.25, 0.3) is 0 Å². The van der Waals surface area contributed by atoms with Gasteiger partial charge in [-0.05, 0) is 36.2 Å². The third-order valence-corrected chi connectivity index (χ3v) is 3.29. The Morgan fingerprint density at radius 1 is 1.26 bits per heavy atom. The first-order valence-corrected chi connectivity index (χ1v) is 6.56. The van der Waals surface area contributed by atoms with Gasteiger partial charge in [0.15, 0.2) is 0 Å². The molecule has 0 aliphatic carbocycles. The fourth-order valence-corrected chi connectivity index (χ4v) is 2.19. The highest BCUT2D eigenvalue weighted by molar-refractivity contribution is 6.30. The fourth-order valence-electron chi connectivity index (χ4n) is 1.96. The number of aryl methyl sites for hydroxylation is 1. The molecule has 0 spiro atoms. The molecule has 0 atom stereocenters. The van der Waals surface area contributed by atoms with Crippen molar-refractivity contribution in [2.75, 3.05) is 24.3 Å². The number of nitrogens with zero attached hydrogens (tertiary/aromatic N) is 2. The highest BCUT2D eigenvalue weighted by Crippen LogP contribution is 2.23. The molecule has 1 heterocycles. The Morgan fingerprint density at radius 2 is 2.05 bits per heavy atom. The van der Waals surface area contributed by atoms with Crippen molar-refractivity contribution in [3.8, 4) is 0 Å². The molecule has 0 radical (unpaired) electrons. The molecule has 0 amide bonds. The van der Waals surface area contributed by atoms with Crippen LogP contribution in [0.2, 0.25) is 5.02 Å². The van der Waals surface area contributed by atoms with E-state index in [0.717, 1.165) is 22.9 Å². The number of anilines is 2. The van der Waals surface area contributed by atoms with Crippen molar-refractivity contribution in [3.63, 3.8) is 0 Å². The van der Waals surface area contributed by atoms with E-state index < -0.39 is 0 Å². The molecular formula is C15H18ClN3. The van der Waals surface area contributed by atoms with Gasteiger partial charge in [-0.3, -0.25) is 4.98 Å². The van der Waals surface area contributed by atoms with E-state index >= 15 is 0 Å². The van der Waals surface area contributed by atoms with Gasteiger partial charge in [-0.2, -0.15) is 0 Å². The molecule has 4 heteroatoms. The Bertz CT molecular complexity index is 567. The summed E-state index contributed by atoms with van der Waals surface area (Å²) in [6.07, 6.45) is 3.65. The van der Waals surface area contributed by atoms with Gasteiger partial charge in [0.05, 0.1) is 17.6 Å². The maximum atomic E-state index is 5.96. The summed E-state index contributed by atoms with van der Waals surface area (Å²) in [5.41, 5.74) is 4.58. The fraction of sp³-hybridized carbons (Fsp3) is 0.267. The molecule has 100 valence electrons. The van der Waals surface area contributed by atoms with Crippen molar-refractivity contribution in [1.82, 2.24) is 4.98 Å². The van der Waals surface area contributed by atoms with Crippen LogP contribution >= 0.6 is 11.6 Å². The van der Waals surface area contributed by atoms with Gasteiger partial charge in [0, 0.05) is 31.9 Å². The van der Waals surface area contributed by atoms with Gasteiger partial charge >= 0.3 is 0 Å². The molecule has 0 unspecified atom stereocenters. The first-order chi connectivity index (χ1) is 9.08. The minimum atomic E-state index is 0.759. The van der Waals surface area contributed by atoms with Gasteiger partial charge in [0.1, 0.15) is 0 Å². The Kier molecular flexibility index (Phi) is 4.27. The van der Waals surface area contributed by atoms with E-state index in [-0.39, 0.29) is 0 Å². The molecular weight excluding hydrogens is 258 g/mol. The maximum Gasteiger partial charge on any atom is 0.0766 e. The van der Waals surface area contributed by atoms with Crippen molar-refractivity contribution in [1.29, 1.82) is 0 Å². The molecule has 0 bridgehead atoms. The van der Waals surface area contributed by atoms with Crippen LogP contribution in [0.25, 0.3) is 0 Å². The Balaban J connectivity index is 2.14. The highest BCUT2D eigenvalue weighted by atomic mass is 35.5. The lowest BCUT2D eigenvalue weighted by atomic mass is 10.1. The van der Waals surface area contributed by atoms with Crippen molar-refractivity contribution < 1.29 is 0 Å². The summed E-state index contributed by atoms with van der Waals surface area (Å²) in [5.74, 6) is 0. The smallest absolute Gasteiger partial charge is 0.0766 e. The van der Waals surface area contributed by atoms with Crippen LogP contribution in [0.3, 0.4) is 0 Å². The van der Waals surface area contributed by atoms with Crippen molar-refractivity contribution in [2.24, 2.45) is 0 Å². The van der Waals surface area contributed by atoms with Crippen LogP contribution in [-0.4, -0.2) is 19.1 Å². The summed E-state index contributed by atoms with van der Waals surface area (Å²) in [7, 11) is 4.04. The lowest BCUT2D eigenvalue weighted by Crippen LogP contribution is -2.12. The van der Waals surface area contributed by atoms with E-state index in [0.29, 0.717) is 0 Å². The Morgan fingerprint density at radius 3 is 2.74 bits per heavy atom. The monoisotopic (exact) mass is 275 g/mol. The van der Waals surface area contributed by atoms with E-state index in [2.05, 4.69) is 28.2 Å². The Hall–Kier alpha value is -1.74. The first kappa shape index (κ1) is 13.7. The van der Waals surface area contributed by atoms with Crippen molar-refractivity contribution in [3.05, 3.63) is 52.8 Å². The van der Waals surface area contributed by atoms with Crippen LogP contribution in [0.15, 0.2) is 36.7 Å². The summed E-state index contributed by atoms with van der Waals surface area (Å²) in [6, 6.07) is 7.95. The second-order valence-corrected chi connectivity index (χ2v) is 5.15. The van der Waals surface area contributed by atoms with Crippen LogP contribution in [0, 0.1) is 6.92 Å². The maximum absolute atomic E-state index is 5.96. The van der Waals surface area contributed by atoms with Crippen molar-refractivity contribution >= 4 is 23.0 Å². The van der Waals surface area contributed by atoms with Crippen LogP contribution in [0.1, 0.15) is 11.1 Å². The molecule has 0 aliphatic heterocycles. The van der Waals surface area contributed by atoms with E-state index in [9.17, 15) is 0 Å². The molecule has 1 aromatic heterocycles. The third kappa shape index (κ3) is 3.38. The molecule has 2 rings (SSSR count). The van der Waals surface area contributed by atoms with E-state index in [1.807, 2.05) is 38.5 Å². The Labute approximate surface area is 119 Å². The number of nitrogens with one attached hydrogen (secondary N) is 1. The third-order valence-electron chi connectivity index (χ3n) is 3.05. The number of rotatable bonds is 4. The lowest BCUT2D eigenvalue weighted by Gasteiger charge is -2.18. The zero-order chi connectivity index (χ0) is 13.8. The minimum absolute atomic E-state index is 0.759. The van der Waals surface area contributed by atoms with Crippen LogP contribution in [-0.2, 0) is 6.54 Å². The summed E-state index contributed by atoms with van der Waals surface area (Å²) in [6.45, 7) is 2.83. The number of aromatic nitrogens is 1. The molecule has 1 aromatic carbocycles. The average Bonchev–Trinajstić information content (AvgIpc) is 2.38. The second-order valence-electron chi connectivity index (χ2n) is 4.71. The summed E-state index contributed by atoms with van der Waals surface area (Å²) >= 11 is 5.96. The lowest BCUT2D eigenvalue weighted by molar-refractivity contribution is 1.08. The van der Waals surface area contributed by atoms with Gasteiger partial charge in [-0.25, -0.2) is 0 Å². The van der Waals surface area contributed by atoms with Crippen molar-refractivity contribution in [2.45, 2.75) is 13.5 Å². The van der Waals surface area contributed by atoms with Crippen LogP contribution < -0.4 is 10.2 Å². The average molecular weight is 276 g/mol. The number of hydrogen-bond donors (Lipinski definition) is 1. The number of pyridine rings is 1. The molecule has 2 aromatic rings. The van der Waals surface area contributed by atoms with Gasteiger partial charge in [0.2, 0.25) is 0 Å². The van der Waals surface area contributed by atoms with Gasteiger partial charge in [-0.1, -0.05) is 17.7 Å². The second kappa shape index (κ2) is 5.93. The standard InChI is InChI=1S/C15H18ClN3/c1-11-8-13(16)5-4-12(11)9-18-14-10-17-7-6-15(14)19(2)3/h4-8,10,18H,9H2,1-3H3. The molecule has 0 saturated heterocycles. The van der Waals surface area contributed by atoms with E-state index in [4.69, 9.17) is 11.6 Å². The summed E-state index contributed by atoms with van der Waals surface area (Å²) in [4.78, 5) is 6.23. The SMILES string of the molecule is Cc1cc(Cl)ccc1CNc1cnccc1N(C)C.